The van der Waals surface area contributed by atoms with Gasteiger partial charge in [0.15, 0.2) is 5.13 Å². The number of aromatic nitrogens is 1. The lowest BCUT2D eigenvalue weighted by Crippen LogP contribution is -2.48. The summed E-state index contributed by atoms with van der Waals surface area (Å²) in [4.78, 5) is 42.8. The van der Waals surface area contributed by atoms with Gasteiger partial charge in [-0.3, -0.25) is 14.4 Å². The van der Waals surface area contributed by atoms with Crippen molar-refractivity contribution >= 4 is 34.7 Å². The number of nitrogens with zero attached hydrogens (tertiary/aromatic N) is 3. The number of hydrogen-bond donors (Lipinski definition) is 1. The minimum atomic E-state index is -0.131. The number of rotatable bonds is 6. The molecule has 0 radical (unpaired) electrons. The number of benzene rings is 1. The first-order chi connectivity index (χ1) is 12.6. The van der Waals surface area contributed by atoms with Gasteiger partial charge in [-0.2, -0.15) is 0 Å². The summed E-state index contributed by atoms with van der Waals surface area (Å²) >= 11 is 1.31. The van der Waals surface area contributed by atoms with Crippen LogP contribution in [0.5, 0.6) is 0 Å². The third-order valence-corrected chi connectivity index (χ3v) is 4.96. The number of thiazole rings is 1. The fourth-order valence-electron chi connectivity index (χ4n) is 2.73. The molecule has 26 heavy (non-hydrogen) atoms. The second kappa shape index (κ2) is 8.57. The molecule has 1 N–H and O–H groups in total. The molecule has 1 aromatic heterocycles. The molecule has 0 unspecified atom stereocenters. The number of carbonyl (C=O) groups excluding carboxylic acids is 3. The van der Waals surface area contributed by atoms with Crippen molar-refractivity contribution in [3.8, 4) is 0 Å². The van der Waals surface area contributed by atoms with Gasteiger partial charge in [0, 0.05) is 31.6 Å². The molecule has 0 aliphatic carbocycles. The zero-order valence-corrected chi connectivity index (χ0v) is 15.1. The molecule has 136 valence electrons. The van der Waals surface area contributed by atoms with Crippen molar-refractivity contribution in [2.45, 2.75) is 12.8 Å². The Kier molecular flexibility index (Phi) is 5.96. The standard InChI is InChI=1S/C18H20N4O3S/c23-13-21-6-8-22(9-7-21)17(25)11-15-12-26-18(19-15)20-16(24)10-14-4-2-1-3-5-14/h1-5,12-13H,6-11H2,(H,19,20,24). The van der Waals surface area contributed by atoms with E-state index in [-0.39, 0.29) is 24.7 Å². The fraction of sp³-hybridized carbons (Fsp3) is 0.333. The number of carbonyl (C=O) groups is 3. The molecule has 0 bridgehead atoms. The highest BCUT2D eigenvalue weighted by molar-refractivity contribution is 7.13. The van der Waals surface area contributed by atoms with E-state index in [9.17, 15) is 14.4 Å². The topological polar surface area (TPSA) is 82.6 Å². The molecule has 1 fully saturated rings. The van der Waals surface area contributed by atoms with Crippen molar-refractivity contribution in [3.63, 3.8) is 0 Å². The Bertz CT molecular complexity index is 770. The molecular formula is C18H20N4O3S. The van der Waals surface area contributed by atoms with E-state index in [1.807, 2.05) is 30.3 Å². The third kappa shape index (κ3) is 4.89. The molecule has 1 aliphatic rings. The van der Waals surface area contributed by atoms with Crippen LogP contribution in [-0.2, 0) is 27.2 Å². The summed E-state index contributed by atoms with van der Waals surface area (Å²) in [5.41, 5.74) is 1.58. The average molecular weight is 372 g/mol. The van der Waals surface area contributed by atoms with E-state index in [2.05, 4.69) is 10.3 Å². The van der Waals surface area contributed by atoms with Crippen LogP contribution in [0.15, 0.2) is 35.7 Å². The Balaban J connectivity index is 1.49. The number of nitrogens with one attached hydrogen (secondary N) is 1. The number of amides is 3. The highest BCUT2D eigenvalue weighted by atomic mass is 32.1. The van der Waals surface area contributed by atoms with Crippen LogP contribution < -0.4 is 5.32 Å². The molecule has 8 heteroatoms. The molecule has 1 saturated heterocycles. The summed E-state index contributed by atoms with van der Waals surface area (Å²) in [6.45, 7) is 2.21. The van der Waals surface area contributed by atoms with Crippen LogP contribution in [0, 0.1) is 0 Å². The predicted molar refractivity (Wildman–Crippen MR) is 98.8 cm³/mol. The van der Waals surface area contributed by atoms with Crippen molar-refractivity contribution < 1.29 is 14.4 Å². The molecule has 2 aromatic rings. The Hall–Kier alpha value is -2.74. The molecule has 7 nitrogen and oxygen atoms in total. The lowest BCUT2D eigenvalue weighted by Gasteiger charge is -2.32. The van der Waals surface area contributed by atoms with Crippen molar-refractivity contribution in [1.29, 1.82) is 0 Å². The second-order valence-corrected chi connectivity index (χ2v) is 6.91. The molecule has 0 spiro atoms. The van der Waals surface area contributed by atoms with Gasteiger partial charge in [-0.15, -0.1) is 11.3 Å². The SMILES string of the molecule is O=CN1CCN(C(=O)Cc2csc(NC(=O)Cc3ccccc3)n2)CC1. The maximum absolute atomic E-state index is 12.3. The van der Waals surface area contributed by atoms with Gasteiger partial charge >= 0.3 is 0 Å². The fourth-order valence-corrected chi connectivity index (χ4v) is 3.46. The van der Waals surface area contributed by atoms with Crippen LogP contribution in [0.1, 0.15) is 11.3 Å². The predicted octanol–water partition coefficient (Wildman–Crippen LogP) is 1.17. The maximum atomic E-state index is 12.3. The first-order valence-electron chi connectivity index (χ1n) is 8.39. The van der Waals surface area contributed by atoms with E-state index < -0.39 is 0 Å². The van der Waals surface area contributed by atoms with E-state index in [0.29, 0.717) is 37.0 Å². The van der Waals surface area contributed by atoms with Gasteiger partial charge in [-0.1, -0.05) is 30.3 Å². The van der Waals surface area contributed by atoms with Crippen LogP contribution in [0.2, 0.25) is 0 Å². The van der Waals surface area contributed by atoms with Crippen molar-refractivity contribution in [2.24, 2.45) is 0 Å². The summed E-state index contributed by atoms with van der Waals surface area (Å²) in [5, 5.41) is 5.06. The average Bonchev–Trinajstić information content (AvgIpc) is 3.09. The van der Waals surface area contributed by atoms with Gasteiger partial charge in [0.1, 0.15) is 0 Å². The number of piperazine rings is 1. The second-order valence-electron chi connectivity index (χ2n) is 6.05. The zero-order valence-electron chi connectivity index (χ0n) is 14.3. The monoisotopic (exact) mass is 372 g/mol. The Morgan fingerprint density at radius 1 is 1.12 bits per heavy atom. The van der Waals surface area contributed by atoms with E-state index in [1.165, 1.54) is 11.3 Å². The quantitative estimate of drug-likeness (QED) is 0.772. The summed E-state index contributed by atoms with van der Waals surface area (Å²) in [5.74, 6) is -0.142. The van der Waals surface area contributed by atoms with Gasteiger partial charge < -0.3 is 15.1 Å². The maximum Gasteiger partial charge on any atom is 0.230 e. The highest BCUT2D eigenvalue weighted by Crippen LogP contribution is 2.17. The van der Waals surface area contributed by atoms with Gasteiger partial charge in [0.05, 0.1) is 18.5 Å². The summed E-state index contributed by atoms with van der Waals surface area (Å²) in [6, 6.07) is 9.49. The van der Waals surface area contributed by atoms with Gasteiger partial charge in [0.2, 0.25) is 18.2 Å². The van der Waals surface area contributed by atoms with Gasteiger partial charge in [-0.05, 0) is 5.56 Å². The van der Waals surface area contributed by atoms with Crippen molar-refractivity contribution in [3.05, 3.63) is 47.0 Å². The first-order valence-corrected chi connectivity index (χ1v) is 9.27. The minimum absolute atomic E-state index is 0.0111. The van der Waals surface area contributed by atoms with Crippen LogP contribution in [-0.4, -0.2) is 59.2 Å². The number of hydrogen-bond acceptors (Lipinski definition) is 5. The first kappa shape index (κ1) is 18.1. The van der Waals surface area contributed by atoms with Crippen LogP contribution in [0.4, 0.5) is 5.13 Å². The number of anilines is 1. The molecule has 0 saturated carbocycles. The van der Waals surface area contributed by atoms with E-state index in [1.54, 1.807) is 15.2 Å². The molecule has 2 heterocycles. The van der Waals surface area contributed by atoms with E-state index in [0.717, 1.165) is 12.0 Å². The molecule has 1 aromatic carbocycles. The highest BCUT2D eigenvalue weighted by Gasteiger charge is 2.21. The van der Waals surface area contributed by atoms with Crippen molar-refractivity contribution in [1.82, 2.24) is 14.8 Å². The zero-order chi connectivity index (χ0) is 18.4. The molecule has 3 amide bonds. The smallest absolute Gasteiger partial charge is 0.230 e. The normalized spacial score (nSPS) is 14.2. The lowest BCUT2D eigenvalue weighted by atomic mass is 10.1. The third-order valence-electron chi connectivity index (χ3n) is 4.15. The van der Waals surface area contributed by atoms with Crippen LogP contribution in [0.25, 0.3) is 0 Å². The molecule has 0 atom stereocenters. The minimum Gasteiger partial charge on any atom is -0.342 e. The van der Waals surface area contributed by atoms with Crippen LogP contribution in [0.3, 0.4) is 0 Å². The molecule has 3 rings (SSSR count). The van der Waals surface area contributed by atoms with E-state index in [4.69, 9.17) is 0 Å². The molecule has 1 aliphatic heterocycles. The Labute approximate surface area is 155 Å². The summed E-state index contributed by atoms with van der Waals surface area (Å²) in [6.07, 6.45) is 1.30. The van der Waals surface area contributed by atoms with Crippen molar-refractivity contribution in [2.75, 3.05) is 31.5 Å². The van der Waals surface area contributed by atoms with Gasteiger partial charge in [-0.25, -0.2) is 4.98 Å². The van der Waals surface area contributed by atoms with E-state index >= 15 is 0 Å². The lowest BCUT2D eigenvalue weighted by molar-refractivity contribution is -0.134. The van der Waals surface area contributed by atoms with Crippen LogP contribution >= 0.6 is 11.3 Å². The largest absolute Gasteiger partial charge is 0.342 e. The summed E-state index contributed by atoms with van der Waals surface area (Å²) < 4.78 is 0. The molecular weight excluding hydrogens is 352 g/mol. The Morgan fingerprint density at radius 2 is 1.85 bits per heavy atom. The van der Waals surface area contributed by atoms with Gasteiger partial charge in [0.25, 0.3) is 0 Å². The Morgan fingerprint density at radius 3 is 2.54 bits per heavy atom. The summed E-state index contributed by atoms with van der Waals surface area (Å²) in [7, 11) is 0.